The molecule has 162 valence electrons. The maximum Gasteiger partial charge on any atom is 0.410 e. The van der Waals surface area contributed by atoms with Gasteiger partial charge in [-0.05, 0) is 24.1 Å². The van der Waals surface area contributed by atoms with Crippen LogP contribution in [-0.4, -0.2) is 48.2 Å². The molecule has 1 aliphatic heterocycles. The van der Waals surface area contributed by atoms with Gasteiger partial charge in [-0.15, -0.1) is 24.8 Å². The average Bonchev–Trinajstić information content (AvgIpc) is 3.16. The summed E-state index contributed by atoms with van der Waals surface area (Å²) in [7, 11) is 0. The van der Waals surface area contributed by atoms with Gasteiger partial charge in [-0.25, -0.2) is 9.78 Å². The summed E-state index contributed by atoms with van der Waals surface area (Å²) in [6, 6.07) is 18.2. The molecule has 1 aromatic heterocycles. The smallest absolute Gasteiger partial charge is 0.410 e. The van der Waals surface area contributed by atoms with E-state index in [1.54, 1.807) is 16.2 Å². The summed E-state index contributed by atoms with van der Waals surface area (Å²) < 4.78 is 6.65. The highest BCUT2D eigenvalue weighted by atomic mass is 35.5. The third kappa shape index (κ3) is 6.47. The number of hydrogen-bond acceptors (Lipinski definition) is 6. The second-order valence-electron chi connectivity index (χ2n) is 6.84. The quantitative estimate of drug-likeness (QED) is 0.555. The minimum Gasteiger partial charge on any atom is -0.445 e. The Morgan fingerprint density at radius 1 is 1.17 bits per heavy atom. The lowest BCUT2D eigenvalue weighted by molar-refractivity contribution is 0.0845. The van der Waals surface area contributed by atoms with Gasteiger partial charge in [0.1, 0.15) is 6.61 Å². The lowest BCUT2D eigenvalue weighted by Gasteiger charge is -2.33. The van der Waals surface area contributed by atoms with Crippen LogP contribution in [0.5, 0.6) is 0 Å². The van der Waals surface area contributed by atoms with Gasteiger partial charge in [-0.1, -0.05) is 53.8 Å². The number of amides is 1. The number of nitrogens with one attached hydrogen (secondary N) is 2. The van der Waals surface area contributed by atoms with Crippen LogP contribution in [0.25, 0.3) is 10.2 Å². The largest absolute Gasteiger partial charge is 0.445 e. The fourth-order valence-electron chi connectivity index (χ4n) is 3.30. The molecule has 1 saturated heterocycles. The fourth-order valence-corrected chi connectivity index (χ4v) is 4.19. The number of thiazole rings is 1. The van der Waals surface area contributed by atoms with Crippen LogP contribution in [0.1, 0.15) is 12.0 Å². The Labute approximate surface area is 192 Å². The summed E-state index contributed by atoms with van der Waals surface area (Å²) in [6.07, 6.45) is 0.674. The molecule has 1 aliphatic rings. The van der Waals surface area contributed by atoms with Crippen LogP contribution < -0.4 is 10.6 Å². The van der Waals surface area contributed by atoms with Gasteiger partial charge in [0.05, 0.1) is 10.2 Å². The zero-order chi connectivity index (χ0) is 19.2. The lowest BCUT2D eigenvalue weighted by atomic mass is 10.1. The number of benzene rings is 2. The number of piperazine rings is 1. The van der Waals surface area contributed by atoms with Gasteiger partial charge in [-0.2, -0.15) is 0 Å². The Balaban J connectivity index is 0.00000160. The number of fused-ring (bicyclic) bond motifs is 1. The van der Waals surface area contributed by atoms with E-state index in [0.29, 0.717) is 19.7 Å². The molecule has 1 atom stereocenters. The molecule has 0 unspecified atom stereocenters. The highest BCUT2D eigenvalue weighted by Gasteiger charge is 2.24. The number of rotatable bonds is 6. The number of aromatic nitrogens is 1. The molecule has 1 amide bonds. The summed E-state index contributed by atoms with van der Waals surface area (Å²) in [4.78, 5) is 18.8. The van der Waals surface area contributed by atoms with E-state index in [9.17, 15) is 4.79 Å². The molecule has 2 N–H and O–H groups in total. The summed E-state index contributed by atoms with van der Waals surface area (Å²) in [6.45, 7) is 3.24. The zero-order valence-electron chi connectivity index (χ0n) is 16.5. The van der Waals surface area contributed by atoms with Gasteiger partial charge in [-0.3, -0.25) is 0 Å². The molecule has 0 radical (unpaired) electrons. The van der Waals surface area contributed by atoms with Crippen LogP contribution in [0.2, 0.25) is 0 Å². The molecule has 3 aromatic rings. The molecule has 0 spiro atoms. The van der Waals surface area contributed by atoms with Crippen molar-refractivity contribution >= 4 is 57.6 Å². The first-order valence-corrected chi connectivity index (χ1v) is 10.4. The molecule has 0 bridgehead atoms. The minimum absolute atomic E-state index is 0. The molecule has 1 fully saturated rings. The number of hydrogen-bond donors (Lipinski definition) is 2. The van der Waals surface area contributed by atoms with Crippen molar-refractivity contribution < 1.29 is 9.53 Å². The fraction of sp³-hybridized carbons (Fsp3) is 0.333. The normalized spacial score (nSPS) is 15.7. The van der Waals surface area contributed by atoms with Crippen LogP contribution in [0.4, 0.5) is 9.93 Å². The van der Waals surface area contributed by atoms with E-state index in [0.717, 1.165) is 35.7 Å². The molecular weight excluding hydrogens is 443 g/mol. The van der Waals surface area contributed by atoms with Crippen LogP contribution in [-0.2, 0) is 11.3 Å². The summed E-state index contributed by atoms with van der Waals surface area (Å²) in [5.41, 5.74) is 2.03. The number of halogens is 2. The van der Waals surface area contributed by atoms with Crippen molar-refractivity contribution in [3.8, 4) is 0 Å². The third-order valence-electron chi connectivity index (χ3n) is 4.78. The Morgan fingerprint density at radius 2 is 1.93 bits per heavy atom. The minimum atomic E-state index is -0.241. The van der Waals surface area contributed by atoms with Crippen LogP contribution in [0, 0.1) is 0 Å². The predicted octanol–water partition coefficient (Wildman–Crippen LogP) is 4.55. The topological polar surface area (TPSA) is 66.5 Å². The van der Waals surface area contributed by atoms with Gasteiger partial charge in [0.15, 0.2) is 5.13 Å². The van der Waals surface area contributed by atoms with Crippen molar-refractivity contribution in [1.82, 2.24) is 15.2 Å². The Morgan fingerprint density at radius 3 is 2.73 bits per heavy atom. The SMILES string of the molecule is Cl.Cl.O=C(OCc1ccccc1)N1CCN[C@H](CCNc2nc3ccccc3s2)C1. The predicted molar refractivity (Wildman–Crippen MR) is 127 cm³/mol. The molecule has 30 heavy (non-hydrogen) atoms. The van der Waals surface area contributed by atoms with Crippen molar-refractivity contribution in [3.63, 3.8) is 0 Å². The molecule has 6 nitrogen and oxygen atoms in total. The van der Waals surface area contributed by atoms with E-state index in [4.69, 9.17) is 4.74 Å². The number of carbonyl (C=O) groups is 1. The van der Waals surface area contributed by atoms with Gasteiger partial charge in [0, 0.05) is 32.2 Å². The van der Waals surface area contributed by atoms with E-state index >= 15 is 0 Å². The zero-order valence-corrected chi connectivity index (χ0v) is 18.9. The van der Waals surface area contributed by atoms with E-state index in [-0.39, 0.29) is 36.9 Å². The van der Waals surface area contributed by atoms with Gasteiger partial charge in [0.25, 0.3) is 0 Å². The third-order valence-corrected chi connectivity index (χ3v) is 5.78. The van der Waals surface area contributed by atoms with Crippen LogP contribution in [0.3, 0.4) is 0 Å². The molecule has 0 saturated carbocycles. The maximum absolute atomic E-state index is 12.4. The first kappa shape index (κ1) is 24.2. The van der Waals surface area contributed by atoms with Crippen LogP contribution >= 0.6 is 36.2 Å². The van der Waals surface area contributed by atoms with E-state index < -0.39 is 0 Å². The van der Waals surface area contributed by atoms with Crippen molar-refractivity contribution in [2.75, 3.05) is 31.5 Å². The van der Waals surface area contributed by atoms with E-state index in [1.165, 1.54) is 4.70 Å². The van der Waals surface area contributed by atoms with Gasteiger partial charge < -0.3 is 20.3 Å². The van der Waals surface area contributed by atoms with Crippen molar-refractivity contribution in [2.24, 2.45) is 0 Å². The number of nitrogens with zero attached hydrogens (tertiary/aromatic N) is 2. The molecule has 9 heteroatoms. The summed E-state index contributed by atoms with van der Waals surface area (Å²) in [5.74, 6) is 0. The van der Waals surface area contributed by atoms with E-state index in [2.05, 4.69) is 21.7 Å². The van der Waals surface area contributed by atoms with Crippen molar-refractivity contribution in [2.45, 2.75) is 19.1 Å². The molecule has 4 rings (SSSR count). The second-order valence-corrected chi connectivity index (χ2v) is 7.87. The first-order valence-electron chi connectivity index (χ1n) is 9.56. The monoisotopic (exact) mass is 468 g/mol. The highest BCUT2D eigenvalue weighted by Crippen LogP contribution is 2.25. The Kier molecular flexibility index (Phi) is 9.65. The number of anilines is 1. The Hall–Kier alpha value is -2.06. The molecule has 2 aromatic carbocycles. The standard InChI is InChI=1S/C21H24N4O2S.2ClH/c26-21(27-15-16-6-2-1-3-7-16)25-13-12-22-17(14-25)10-11-23-20-24-18-8-4-5-9-19(18)28-20;;/h1-9,17,22H,10-15H2,(H,23,24);2*1H/t17-;;/m1../s1. The van der Waals surface area contributed by atoms with Gasteiger partial charge >= 0.3 is 6.09 Å². The summed E-state index contributed by atoms with van der Waals surface area (Å²) in [5, 5.41) is 7.83. The van der Waals surface area contributed by atoms with E-state index in [1.807, 2.05) is 48.5 Å². The lowest BCUT2D eigenvalue weighted by Crippen LogP contribution is -2.53. The maximum atomic E-state index is 12.4. The van der Waals surface area contributed by atoms with Crippen molar-refractivity contribution in [1.29, 1.82) is 0 Å². The highest BCUT2D eigenvalue weighted by molar-refractivity contribution is 7.22. The molecular formula is C21H26Cl2N4O2S. The first-order chi connectivity index (χ1) is 13.8. The second kappa shape index (κ2) is 12.0. The number of ether oxygens (including phenoxy) is 1. The Bertz CT molecular complexity index is 893. The number of para-hydroxylation sites is 1. The summed E-state index contributed by atoms with van der Waals surface area (Å²) >= 11 is 1.67. The molecule has 2 heterocycles. The van der Waals surface area contributed by atoms with Gasteiger partial charge in [0.2, 0.25) is 0 Å². The molecule has 0 aliphatic carbocycles. The average molecular weight is 469 g/mol. The number of carbonyl (C=O) groups excluding carboxylic acids is 1. The van der Waals surface area contributed by atoms with Crippen LogP contribution in [0.15, 0.2) is 54.6 Å². The van der Waals surface area contributed by atoms with Crippen molar-refractivity contribution in [3.05, 3.63) is 60.2 Å².